The largest absolute Gasteiger partial charge is 0.125 e. The summed E-state index contributed by atoms with van der Waals surface area (Å²) >= 11 is 0. The molecule has 0 aromatic heterocycles. The van der Waals surface area contributed by atoms with Gasteiger partial charge in [-0.2, -0.15) is 0 Å². The Kier molecular flexibility index (Phi) is 7.66. The molecule has 1 unspecified atom stereocenters. The molecule has 0 aliphatic rings. The van der Waals surface area contributed by atoms with E-state index in [2.05, 4.69) is 97.7 Å². The van der Waals surface area contributed by atoms with E-state index in [-0.39, 0.29) is 5.41 Å². The summed E-state index contributed by atoms with van der Waals surface area (Å²) in [7, 11) is 1.09. The van der Waals surface area contributed by atoms with Gasteiger partial charge in [0.15, 0.2) is 0 Å². The second-order valence-electron chi connectivity index (χ2n) is 7.27. The molecule has 0 nitrogen and oxygen atoms in total. The molecule has 140 valence electrons. The van der Waals surface area contributed by atoms with Crippen molar-refractivity contribution in [1.29, 1.82) is 0 Å². The second-order valence-corrected chi connectivity index (χ2v) is 8.48. The minimum Gasteiger partial charge on any atom is -0.125 e. The summed E-state index contributed by atoms with van der Waals surface area (Å²) < 4.78 is 0. The standard InChI is InChI=1S/C26H31P/c1-27-22-14-3-2-13-21-26(23-15-7-4-8-16-23,24-17-9-5-10-18-24)25-19-11-6-12-20-25/h4-12,15-20,27H,2-3,13-14,21-22H2,1H3. The van der Waals surface area contributed by atoms with Crippen LogP contribution in [0.2, 0.25) is 0 Å². The van der Waals surface area contributed by atoms with E-state index in [1.165, 1.54) is 48.5 Å². The van der Waals surface area contributed by atoms with E-state index in [0.717, 1.165) is 15.0 Å². The van der Waals surface area contributed by atoms with Crippen LogP contribution < -0.4 is 0 Å². The van der Waals surface area contributed by atoms with Crippen LogP contribution in [0.4, 0.5) is 0 Å². The number of rotatable bonds is 10. The van der Waals surface area contributed by atoms with Crippen LogP contribution in [0.1, 0.15) is 48.8 Å². The third-order valence-electron chi connectivity index (χ3n) is 5.53. The van der Waals surface area contributed by atoms with E-state index >= 15 is 0 Å². The van der Waals surface area contributed by atoms with Gasteiger partial charge in [-0.1, -0.05) is 110 Å². The van der Waals surface area contributed by atoms with E-state index in [1.807, 2.05) is 0 Å². The van der Waals surface area contributed by atoms with Gasteiger partial charge < -0.3 is 0 Å². The van der Waals surface area contributed by atoms with Crippen LogP contribution in [-0.2, 0) is 5.41 Å². The van der Waals surface area contributed by atoms with Crippen LogP contribution in [0, 0.1) is 0 Å². The van der Waals surface area contributed by atoms with E-state index in [9.17, 15) is 0 Å². The van der Waals surface area contributed by atoms with Gasteiger partial charge in [0.05, 0.1) is 0 Å². The van der Waals surface area contributed by atoms with Gasteiger partial charge >= 0.3 is 0 Å². The van der Waals surface area contributed by atoms with Gasteiger partial charge in [-0.25, -0.2) is 0 Å². The van der Waals surface area contributed by atoms with Gasteiger partial charge in [-0.15, -0.1) is 8.58 Å². The molecule has 3 aromatic rings. The van der Waals surface area contributed by atoms with Crippen molar-refractivity contribution in [1.82, 2.24) is 0 Å². The first kappa shape index (κ1) is 19.8. The number of unbranched alkanes of at least 4 members (excludes halogenated alkanes) is 3. The summed E-state index contributed by atoms with van der Waals surface area (Å²) in [5.74, 6) is 0. The third-order valence-corrected chi connectivity index (χ3v) is 6.38. The van der Waals surface area contributed by atoms with Crippen molar-refractivity contribution in [3.63, 3.8) is 0 Å². The normalized spacial score (nSPS) is 11.9. The van der Waals surface area contributed by atoms with Crippen LogP contribution in [0.15, 0.2) is 91.0 Å². The fourth-order valence-electron chi connectivity index (χ4n) is 4.15. The molecule has 0 aliphatic heterocycles. The molecule has 0 bridgehead atoms. The molecular formula is C26H31P. The van der Waals surface area contributed by atoms with Gasteiger partial charge in [0, 0.05) is 5.41 Å². The Hall–Kier alpha value is -1.91. The molecular weight excluding hydrogens is 343 g/mol. The van der Waals surface area contributed by atoms with Crippen LogP contribution in [0.25, 0.3) is 0 Å². The Balaban J connectivity index is 1.98. The Morgan fingerprint density at radius 3 is 1.37 bits per heavy atom. The first-order chi connectivity index (χ1) is 13.4. The van der Waals surface area contributed by atoms with Crippen molar-refractivity contribution in [2.24, 2.45) is 0 Å². The fraction of sp³-hybridized carbons (Fsp3) is 0.308. The zero-order valence-electron chi connectivity index (χ0n) is 16.4. The minimum atomic E-state index is -0.0731. The monoisotopic (exact) mass is 374 g/mol. The lowest BCUT2D eigenvalue weighted by atomic mass is 9.66. The van der Waals surface area contributed by atoms with Crippen molar-refractivity contribution in [3.05, 3.63) is 108 Å². The van der Waals surface area contributed by atoms with Crippen molar-refractivity contribution >= 4 is 8.58 Å². The molecule has 0 fully saturated rings. The molecule has 0 saturated heterocycles. The smallest absolute Gasteiger partial charge is 0.0451 e. The molecule has 1 atom stereocenters. The maximum atomic E-state index is 2.31. The highest BCUT2D eigenvalue weighted by atomic mass is 31.1. The van der Waals surface area contributed by atoms with Crippen molar-refractivity contribution < 1.29 is 0 Å². The number of hydrogen-bond acceptors (Lipinski definition) is 0. The molecule has 0 saturated carbocycles. The van der Waals surface area contributed by atoms with E-state index in [0.29, 0.717) is 0 Å². The summed E-state index contributed by atoms with van der Waals surface area (Å²) in [4.78, 5) is 0. The second kappa shape index (κ2) is 10.4. The lowest BCUT2D eigenvalue weighted by Gasteiger charge is -2.36. The summed E-state index contributed by atoms with van der Waals surface area (Å²) in [6.45, 7) is 2.31. The molecule has 0 aliphatic carbocycles. The Bertz CT molecular complexity index is 668. The first-order valence-electron chi connectivity index (χ1n) is 10.2. The zero-order chi connectivity index (χ0) is 18.8. The topological polar surface area (TPSA) is 0 Å². The molecule has 3 rings (SSSR count). The molecule has 0 spiro atoms. The average Bonchev–Trinajstić information content (AvgIpc) is 2.75. The predicted molar refractivity (Wildman–Crippen MR) is 121 cm³/mol. The van der Waals surface area contributed by atoms with Crippen LogP contribution in [0.5, 0.6) is 0 Å². The quantitative estimate of drug-likeness (QED) is 0.199. The van der Waals surface area contributed by atoms with Crippen molar-refractivity contribution in [2.75, 3.05) is 12.8 Å². The van der Waals surface area contributed by atoms with Crippen LogP contribution in [-0.4, -0.2) is 12.8 Å². The summed E-state index contributed by atoms with van der Waals surface area (Å²) in [6, 6.07) is 33.3. The molecule has 0 radical (unpaired) electrons. The fourth-order valence-corrected chi connectivity index (χ4v) is 4.75. The maximum Gasteiger partial charge on any atom is 0.0451 e. The Morgan fingerprint density at radius 1 is 0.556 bits per heavy atom. The average molecular weight is 375 g/mol. The zero-order valence-corrected chi connectivity index (χ0v) is 17.4. The summed E-state index contributed by atoms with van der Waals surface area (Å²) in [6.07, 6.45) is 7.85. The summed E-state index contributed by atoms with van der Waals surface area (Å²) in [5.41, 5.74) is 4.13. The molecule has 0 heterocycles. The minimum absolute atomic E-state index is 0.0731. The van der Waals surface area contributed by atoms with E-state index in [4.69, 9.17) is 0 Å². The summed E-state index contributed by atoms with van der Waals surface area (Å²) in [5, 5.41) is 0. The SMILES string of the molecule is CPCCCCCCC(c1ccccc1)(c1ccccc1)c1ccccc1. The maximum absolute atomic E-state index is 2.31. The van der Waals surface area contributed by atoms with Gasteiger partial charge in [-0.3, -0.25) is 0 Å². The van der Waals surface area contributed by atoms with Gasteiger partial charge in [-0.05, 0) is 42.4 Å². The molecule has 0 amide bonds. The van der Waals surface area contributed by atoms with E-state index < -0.39 is 0 Å². The number of benzene rings is 3. The van der Waals surface area contributed by atoms with E-state index in [1.54, 1.807) is 0 Å². The molecule has 27 heavy (non-hydrogen) atoms. The van der Waals surface area contributed by atoms with Crippen molar-refractivity contribution in [3.8, 4) is 0 Å². The van der Waals surface area contributed by atoms with Gasteiger partial charge in [0.25, 0.3) is 0 Å². The Morgan fingerprint density at radius 2 is 0.963 bits per heavy atom. The Labute approximate surface area is 166 Å². The predicted octanol–water partition coefficient (Wildman–Crippen LogP) is 7.28. The lowest BCUT2D eigenvalue weighted by molar-refractivity contribution is 0.507. The third kappa shape index (κ3) is 4.88. The highest BCUT2D eigenvalue weighted by Crippen LogP contribution is 2.43. The lowest BCUT2D eigenvalue weighted by Crippen LogP contribution is -2.29. The molecule has 3 aromatic carbocycles. The first-order valence-corrected chi connectivity index (χ1v) is 11.9. The molecule has 1 heteroatoms. The highest BCUT2D eigenvalue weighted by molar-refractivity contribution is 7.36. The number of hydrogen-bond donors (Lipinski definition) is 0. The highest BCUT2D eigenvalue weighted by Gasteiger charge is 2.35. The van der Waals surface area contributed by atoms with Crippen molar-refractivity contribution in [2.45, 2.75) is 37.5 Å². The molecule has 0 N–H and O–H groups in total. The van der Waals surface area contributed by atoms with Crippen LogP contribution >= 0.6 is 8.58 Å². The van der Waals surface area contributed by atoms with Gasteiger partial charge in [0.2, 0.25) is 0 Å². The van der Waals surface area contributed by atoms with Gasteiger partial charge in [0.1, 0.15) is 0 Å². The van der Waals surface area contributed by atoms with Crippen LogP contribution in [0.3, 0.4) is 0 Å².